The summed E-state index contributed by atoms with van der Waals surface area (Å²) in [5.74, 6) is 0. The largest absolute Gasteiger partial charge is 0.397 e. The lowest BCUT2D eigenvalue weighted by Gasteiger charge is -2.10. The molecule has 0 heterocycles. The van der Waals surface area contributed by atoms with Crippen LogP contribution < -0.4 is 10.5 Å². The second-order valence-electron chi connectivity index (χ2n) is 4.43. The van der Waals surface area contributed by atoms with Crippen molar-refractivity contribution in [3.63, 3.8) is 0 Å². The average Bonchev–Trinajstić information content (AvgIpc) is 2.42. The highest BCUT2D eigenvalue weighted by atomic mass is 35.5. The van der Waals surface area contributed by atoms with E-state index in [0.29, 0.717) is 21.8 Å². The Balaban J connectivity index is 2.36. The van der Waals surface area contributed by atoms with E-state index < -0.39 is 10.0 Å². The predicted molar refractivity (Wildman–Crippen MR) is 82.6 cm³/mol. The van der Waals surface area contributed by atoms with Gasteiger partial charge in [-0.3, -0.25) is 4.72 Å². The van der Waals surface area contributed by atoms with Crippen LogP contribution in [-0.4, -0.2) is 8.42 Å². The summed E-state index contributed by atoms with van der Waals surface area (Å²) in [6.07, 6.45) is 0. The molecule has 0 spiro atoms. The lowest BCUT2D eigenvalue weighted by atomic mass is 10.1. The monoisotopic (exact) mass is 321 g/mol. The maximum absolute atomic E-state index is 12.3. The molecule has 0 fully saturated rings. The number of halogens is 1. The van der Waals surface area contributed by atoms with Gasteiger partial charge in [-0.05, 0) is 48.9 Å². The first-order chi connectivity index (χ1) is 9.83. The zero-order valence-electron chi connectivity index (χ0n) is 11.1. The van der Waals surface area contributed by atoms with Crippen LogP contribution in [0.1, 0.15) is 11.1 Å². The maximum Gasteiger partial charge on any atom is 0.261 e. The van der Waals surface area contributed by atoms with Crippen LogP contribution in [0.3, 0.4) is 0 Å². The molecule has 2 aromatic rings. The number of aryl methyl sites for hydroxylation is 1. The molecule has 5 nitrogen and oxygen atoms in total. The first kappa shape index (κ1) is 15.2. The molecule has 0 radical (unpaired) electrons. The SMILES string of the molecule is Cc1cc(S(=O)(=O)Nc2ccc(Cl)c(N)c2)ccc1C#N. The van der Waals surface area contributed by atoms with Crippen LogP contribution in [0.2, 0.25) is 5.02 Å². The molecule has 0 amide bonds. The Morgan fingerprint density at radius 2 is 1.95 bits per heavy atom. The van der Waals surface area contributed by atoms with Crippen LogP contribution in [-0.2, 0) is 10.0 Å². The van der Waals surface area contributed by atoms with Crippen molar-refractivity contribution in [3.05, 3.63) is 52.5 Å². The van der Waals surface area contributed by atoms with Crippen molar-refractivity contribution >= 4 is 33.0 Å². The summed E-state index contributed by atoms with van der Waals surface area (Å²) < 4.78 is 27.0. The summed E-state index contributed by atoms with van der Waals surface area (Å²) in [4.78, 5) is 0.0764. The third kappa shape index (κ3) is 3.27. The topological polar surface area (TPSA) is 96.0 Å². The molecule has 0 unspecified atom stereocenters. The quantitative estimate of drug-likeness (QED) is 0.849. The van der Waals surface area contributed by atoms with Crippen LogP contribution in [0, 0.1) is 18.3 Å². The van der Waals surface area contributed by atoms with Gasteiger partial charge in [-0.2, -0.15) is 5.26 Å². The second kappa shape index (κ2) is 5.64. The lowest BCUT2D eigenvalue weighted by molar-refractivity contribution is 0.601. The number of nitrogens with zero attached hydrogens (tertiary/aromatic N) is 1. The Kier molecular flexibility index (Phi) is 4.07. The Morgan fingerprint density at radius 1 is 1.24 bits per heavy atom. The number of hydrogen-bond donors (Lipinski definition) is 2. The predicted octanol–water partition coefficient (Wildman–Crippen LogP) is 2.90. The molecule has 0 aliphatic carbocycles. The minimum absolute atomic E-state index is 0.0764. The number of nitriles is 1. The van der Waals surface area contributed by atoms with Crippen molar-refractivity contribution in [2.45, 2.75) is 11.8 Å². The summed E-state index contributed by atoms with van der Waals surface area (Å²) in [6.45, 7) is 1.68. The normalized spacial score (nSPS) is 10.9. The van der Waals surface area contributed by atoms with Crippen molar-refractivity contribution in [1.82, 2.24) is 0 Å². The molecule has 0 aliphatic heterocycles. The van der Waals surface area contributed by atoms with Crippen molar-refractivity contribution in [2.75, 3.05) is 10.5 Å². The Morgan fingerprint density at radius 3 is 2.52 bits per heavy atom. The van der Waals surface area contributed by atoms with Crippen LogP contribution in [0.5, 0.6) is 0 Å². The summed E-state index contributed by atoms with van der Waals surface area (Å²) in [6, 6.07) is 10.8. The summed E-state index contributed by atoms with van der Waals surface area (Å²) in [5, 5.41) is 9.22. The molecular weight excluding hydrogens is 310 g/mol. The number of rotatable bonds is 3. The van der Waals surface area contributed by atoms with E-state index in [-0.39, 0.29) is 10.6 Å². The molecule has 108 valence electrons. The van der Waals surface area contributed by atoms with Crippen molar-refractivity contribution in [1.29, 1.82) is 5.26 Å². The van der Waals surface area contributed by atoms with Gasteiger partial charge in [0, 0.05) is 0 Å². The average molecular weight is 322 g/mol. The van der Waals surface area contributed by atoms with E-state index in [9.17, 15) is 8.42 Å². The van der Waals surface area contributed by atoms with Gasteiger partial charge in [0.05, 0.1) is 32.9 Å². The first-order valence-corrected chi connectivity index (χ1v) is 7.78. The van der Waals surface area contributed by atoms with E-state index >= 15 is 0 Å². The van der Waals surface area contributed by atoms with E-state index in [0.717, 1.165) is 0 Å². The van der Waals surface area contributed by atoms with Crippen LogP contribution in [0.15, 0.2) is 41.3 Å². The lowest BCUT2D eigenvalue weighted by Crippen LogP contribution is -2.13. The van der Waals surface area contributed by atoms with Crippen molar-refractivity contribution < 1.29 is 8.42 Å². The molecule has 0 saturated heterocycles. The van der Waals surface area contributed by atoms with Crippen LogP contribution in [0.25, 0.3) is 0 Å². The molecule has 0 saturated carbocycles. The zero-order valence-corrected chi connectivity index (χ0v) is 12.7. The van der Waals surface area contributed by atoms with Gasteiger partial charge in [-0.25, -0.2) is 8.42 Å². The third-order valence-corrected chi connectivity index (χ3v) is 4.60. The fraction of sp³-hybridized carbons (Fsp3) is 0.0714. The maximum atomic E-state index is 12.3. The van der Waals surface area contributed by atoms with Crippen LogP contribution in [0.4, 0.5) is 11.4 Å². The highest BCUT2D eigenvalue weighted by Gasteiger charge is 2.15. The Hall–Kier alpha value is -2.23. The molecule has 0 atom stereocenters. The molecule has 21 heavy (non-hydrogen) atoms. The van der Waals surface area contributed by atoms with Gasteiger partial charge in [0.15, 0.2) is 0 Å². The summed E-state index contributed by atoms with van der Waals surface area (Å²) in [7, 11) is -3.75. The number of nitrogen functional groups attached to an aromatic ring is 1. The molecule has 2 aromatic carbocycles. The van der Waals surface area contributed by atoms with Crippen LogP contribution >= 0.6 is 11.6 Å². The highest BCUT2D eigenvalue weighted by molar-refractivity contribution is 7.92. The molecule has 3 N–H and O–H groups in total. The number of benzene rings is 2. The molecule has 0 aliphatic rings. The summed E-state index contributed by atoms with van der Waals surface area (Å²) >= 11 is 5.79. The minimum atomic E-state index is -3.75. The van der Waals surface area contributed by atoms with Gasteiger partial charge in [0.2, 0.25) is 0 Å². The zero-order chi connectivity index (χ0) is 15.6. The third-order valence-electron chi connectivity index (χ3n) is 2.88. The minimum Gasteiger partial charge on any atom is -0.397 e. The molecule has 0 bridgehead atoms. The Bertz CT molecular complexity index is 842. The second-order valence-corrected chi connectivity index (χ2v) is 6.52. The van der Waals surface area contributed by atoms with Gasteiger partial charge < -0.3 is 5.73 Å². The molecule has 2 rings (SSSR count). The smallest absolute Gasteiger partial charge is 0.261 e. The standard InChI is InChI=1S/C14H12ClN3O2S/c1-9-6-12(4-2-10(9)8-16)21(19,20)18-11-3-5-13(15)14(17)7-11/h2-7,18H,17H2,1H3. The summed E-state index contributed by atoms with van der Waals surface area (Å²) in [5.41, 5.74) is 7.27. The van der Waals surface area contributed by atoms with Crippen molar-refractivity contribution in [2.24, 2.45) is 0 Å². The van der Waals surface area contributed by atoms with E-state index in [1.807, 2.05) is 6.07 Å². The first-order valence-electron chi connectivity index (χ1n) is 5.92. The number of sulfonamides is 1. The van der Waals surface area contributed by atoms with Gasteiger partial charge in [0.25, 0.3) is 10.0 Å². The van der Waals surface area contributed by atoms with E-state index in [2.05, 4.69) is 4.72 Å². The fourth-order valence-electron chi connectivity index (χ4n) is 1.75. The molecule has 0 aromatic heterocycles. The van der Waals surface area contributed by atoms with Crippen molar-refractivity contribution in [3.8, 4) is 6.07 Å². The molecule has 7 heteroatoms. The van der Waals surface area contributed by atoms with E-state index in [4.69, 9.17) is 22.6 Å². The Labute approximate surface area is 128 Å². The number of anilines is 2. The van der Waals surface area contributed by atoms with E-state index in [1.54, 1.807) is 6.92 Å². The van der Waals surface area contributed by atoms with Gasteiger partial charge in [-0.1, -0.05) is 11.6 Å². The molecular formula is C14H12ClN3O2S. The number of hydrogen-bond acceptors (Lipinski definition) is 4. The van der Waals surface area contributed by atoms with Gasteiger partial charge in [0.1, 0.15) is 0 Å². The fourth-order valence-corrected chi connectivity index (χ4v) is 3.00. The van der Waals surface area contributed by atoms with Gasteiger partial charge >= 0.3 is 0 Å². The number of nitrogens with one attached hydrogen (secondary N) is 1. The van der Waals surface area contributed by atoms with Gasteiger partial charge in [-0.15, -0.1) is 0 Å². The van der Waals surface area contributed by atoms with E-state index in [1.165, 1.54) is 36.4 Å². The number of nitrogens with two attached hydrogens (primary N) is 1. The highest BCUT2D eigenvalue weighted by Crippen LogP contribution is 2.24.